The van der Waals surface area contributed by atoms with Gasteiger partial charge in [0.05, 0.1) is 0 Å². The molecule has 25 heavy (non-hydrogen) atoms. The van der Waals surface area contributed by atoms with E-state index in [4.69, 9.17) is 0 Å². The Morgan fingerprint density at radius 2 is 1.16 bits per heavy atom. The smallest absolute Gasteiger partial charge is 0.0233 e. The first-order chi connectivity index (χ1) is 12.3. The molecule has 0 amide bonds. The van der Waals surface area contributed by atoms with Crippen LogP contribution in [0.5, 0.6) is 0 Å². The second-order valence-corrected chi connectivity index (χ2v) is 8.69. The van der Waals surface area contributed by atoms with Crippen molar-refractivity contribution in [2.24, 2.45) is 23.7 Å². The van der Waals surface area contributed by atoms with Crippen LogP contribution in [0, 0.1) is 23.7 Å². The lowest BCUT2D eigenvalue weighted by Crippen LogP contribution is -2.14. The summed E-state index contributed by atoms with van der Waals surface area (Å²) >= 11 is 0. The van der Waals surface area contributed by atoms with Crippen molar-refractivity contribution in [1.29, 1.82) is 0 Å². The Balaban J connectivity index is 1.52. The van der Waals surface area contributed by atoms with Gasteiger partial charge < -0.3 is 0 Å². The summed E-state index contributed by atoms with van der Waals surface area (Å²) in [6.45, 7) is 5.99. The zero-order valence-electron chi connectivity index (χ0n) is 16.8. The Labute approximate surface area is 157 Å². The maximum Gasteiger partial charge on any atom is -0.0233 e. The first kappa shape index (κ1) is 20.5. The third-order valence-corrected chi connectivity index (χ3v) is 6.76. The van der Waals surface area contributed by atoms with Gasteiger partial charge in [0.2, 0.25) is 0 Å². The van der Waals surface area contributed by atoms with E-state index in [1.807, 2.05) is 0 Å². The molecule has 2 fully saturated rings. The standard InChI is InChI=1S/C25H42/c1-3-5-7-11-23-18-20-25(21-19-23)13-9-8-12-24-16-14-22(15-17-24)10-6-4-2/h3-5,9,13,22-25H,2,6-8,10-12,14-21H2,1H3/b5-3+,13-9+/t22-,23-,24-,25-. The van der Waals surface area contributed by atoms with E-state index in [0.29, 0.717) is 0 Å². The Morgan fingerprint density at radius 3 is 1.68 bits per heavy atom. The van der Waals surface area contributed by atoms with Crippen LogP contribution in [0.25, 0.3) is 0 Å². The Hall–Kier alpha value is -0.780. The molecule has 0 saturated heterocycles. The molecule has 0 radical (unpaired) electrons. The Bertz CT molecular complexity index is 386. The molecule has 2 rings (SSSR count). The van der Waals surface area contributed by atoms with E-state index in [2.05, 4.69) is 43.9 Å². The van der Waals surface area contributed by atoms with E-state index in [0.717, 1.165) is 23.7 Å². The van der Waals surface area contributed by atoms with Crippen LogP contribution < -0.4 is 0 Å². The van der Waals surface area contributed by atoms with Crippen LogP contribution in [0.15, 0.2) is 37.0 Å². The van der Waals surface area contributed by atoms with Crippen molar-refractivity contribution in [3.05, 3.63) is 37.0 Å². The van der Waals surface area contributed by atoms with Gasteiger partial charge in [0.25, 0.3) is 0 Å². The van der Waals surface area contributed by atoms with Crippen LogP contribution in [0.4, 0.5) is 0 Å². The molecule has 0 bridgehead atoms. The van der Waals surface area contributed by atoms with Gasteiger partial charge in [0.1, 0.15) is 0 Å². The monoisotopic (exact) mass is 342 g/mol. The molecule has 0 unspecified atom stereocenters. The average molecular weight is 343 g/mol. The van der Waals surface area contributed by atoms with Crippen LogP contribution in [0.3, 0.4) is 0 Å². The highest BCUT2D eigenvalue weighted by Gasteiger charge is 2.20. The van der Waals surface area contributed by atoms with Gasteiger partial charge in [0, 0.05) is 0 Å². The molecule has 0 aromatic heterocycles. The third-order valence-electron chi connectivity index (χ3n) is 6.76. The van der Waals surface area contributed by atoms with Crippen LogP contribution >= 0.6 is 0 Å². The van der Waals surface area contributed by atoms with Gasteiger partial charge in [-0.05, 0) is 94.8 Å². The molecule has 0 N–H and O–H groups in total. The minimum Gasteiger partial charge on any atom is -0.103 e. The molecular weight excluding hydrogens is 300 g/mol. The van der Waals surface area contributed by atoms with E-state index < -0.39 is 0 Å². The zero-order chi connectivity index (χ0) is 17.7. The molecule has 2 aliphatic carbocycles. The molecule has 0 heterocycles. The fourth-order valence-corrected chi connectivity index (χ4v) is 4.95. The zero-order valence-corrected chi connectivity index (χ0v) is 16.8. The van der Waals surface area contributed by atoms with Crippen LogP contribution in [0.2, 0.25) is 0 Å². The lowest BCUT2D eigenvalue weighted by molar-refractivity contribution is 0.255. The maximum absolute atomic E-state index is 3.86. The first-order valence-corrected chi connectivity index (χ1v) is 11.2. The third kappa shape index (κ3) is 8.43. The summed E-state index contributed by atoms with van der Waals surface area (Å²) in [5.74, 6) is 3.88. The predicted octanol–water partition coefficient (Wildman–Crippen LogP) is 8.26. The Kier molecular flexibility index (Phi) is 10.3. The molecule has 0 aliphatic heterocycles. The van der Waals surface area contributed by atoms with E-state index in [9.17, 15) is 0 Å². The maximum atomic E-state index is 3.86. The molecule has 0 aromatic carbocycles. The number of hydrogen-bond donors (Lipinski definition) is 0. The average Bonchev–Trinajstić information content (AvgIpc) is 2.66. The Morgan fingerprint density at radius 1 is 0.680 bits per heavy atom. The van der Waals surface area contributed by atoms with Crippen molar-refractivity contribution in [1.82, 2.24) is 0 Å². The summed E-state index contributed by atoms with van der Waals surface area (Å²) in [5.41, 5.74) is 0. The highest BCUT2D eigenvalue weighted by molar-refractivity contribution is 4.92. The molecule has 0 heteroatoms. The first-order valence-electron chi connectivity index (χ1n) is 11.2. The minimum absolute atomic E-state index is 0.882. The van der Waals surface area contributed by atoms with E-state index in [1.165, 1.54) is 89.9 Å². The fraction of sp³-hybridized carbons (Fsp3) is 0.760. The summed E-state index contributed by atoms with van der Waals surface area (Å²) in [6.07, 6.45) is 31.5. The van der Waals surface area contributed by atoms with Gasteiger partial charge in [-0.15, -0.1) is 6.58 Å². The van der Waals surface area contributed by atoms with Crippen molar-refractivity contribution < 1.29 is 0 Å². The SMILES string of the molecule is C=CCC[C@H]1CC[C@H](CC/C=C/[C@H]2CC[C@H](CC/C=C/C)CC2)CC1. The largest absolute Gasteiger partial charge is 0.103 e. The van der Waals surface area contributed by atoms with E-state index >= 15 is 0 Å². The lowest BCUT2D eigenvalue weighted by atomic mass is 9.78. The highest BCUT2D eigenvalue weighted by Crippen LogP contribution is 2.35. The summed E-state index contributed by atoms with van der Waals surface area (Å²) in [7, 11) is 0. The van der Waals surface area contributed by atoms with Crippen molar-refractivity contribution in [3.8, 4) is 0 Å². The molecule has 2 aliphatic rings. The molecule has 0 nitrogen and oxygen atoms in total. The van der Waals surface area contributed by atoms with Crippen molar-refractivity contribution >= 4 is 0 Å². The van der Waals surface area contributed by atoms with E-state index in [-0.39, 0.29) is 0 Å². The van der Waals surface area contributed by atoms with E-state index in [1.54, 1.807) is 0 Å². The topological polar surface area (TPSA) is 0 Å². The van der Waals surface area contributed by atoms with Gasteiger partial charge in [-0.25, -0.2) is 0 Å². The quantitative estimate of drug-likeness (QED) is 0.350. The minimum atomic E-state index is 0.882. The second-order valence-electron chi connectivity index (χ2n) is 8.69. The van der Waals surface area contributed by atoms with Crippen LogP contribution in [0.1, 0.15) is 96.8 Å². The molecule has 0 spiro atoms. The highest BCUT2D eigenvalue weighted by atomic mass is 14.3. The van der Waals surface area contributed by atoms with Gasteiger partial charge >= 0.3 is 0 Å². The summed E-state index contributed by atoms with van der Waals surface area (Å²) in [4.78, 5) is 0. The second kappa shape index (κ2) is 12.6. The van der Waals surface area contributed by atoms with Gasteiger partial charge in [-0.1, -0.05) is 56.1 Å². The molecule has 2 saturated carbocycles. The van der Waals surface area contributed by atoms with Crippen LogP contribution in [-0.2, 0) is 0 Å². The normalized spacial score (nSPS) is 30.9. The van der Waals surface area contributed by atoms with Crippen molar-refractivity contribution in [2.45, 2.75) is 96.8 Å². The van der Waals surface area contributed by atoms with Gasteiger partial charge in [-0.2, -0.15) is 0 Å². The number of rotatable bonds is 10. The summed E-state index contributed by atoms with van der Waals surface area (Å²) in [6, 6.07) is 0. The summed E-state index contributed by atoms with van der Waals surface area (Å²) in [5, 5.41) is 0. The van der Waals surface area contributed by atoms with Crippen molar-refractivity contribution in [2.75, 3.05) is 0 Å². The van der Waals surface area contributed by atoms with Crippen molar-refractivity contribution in [3.63, 3.8) is 0 Å². The molecule has 0 aromatic rings. The predicted molar refractivity (Wildman–Crippen MR) is 113 cm³/mol. The van der Waals surface area contributed by atoms with Gasteiger partial charge in [-0.3, -0.25) is 0 Å². The summed E-state index contributed by atoms with van der Waals surface area (Å²) < 4.78 is 0. The van der Waals surface area contributed by atoms with Crippen LogP contribution in [-0.4, -0.2) is 0 Å². The molecule has 142 valence electrons. The fourth-order valence-electron chi connectivity index (χ4n) is 4.95. The number of allylic oxidation sites excluding steroid dienone is 5. The van der Waals surface area contributed by atoms with Gasteiger partial charge in [0.15, 0.2) is 0 Å². The number of hydrogen-bond acceptors (Lipinski definition) is 0. The molecule has 0 atom stereocenters. The molecular formula is C25H42. The lowest BCUT2D eigenvalue weighted by Gasteiger charge is -2.28.